The van der Waals surface area contributed by atoms with Gasteiger partial charge in [-0.2, -0.15) is 0 Å². The Morgan fingerprint density at radius 2 is 1.27 bits per heavy atom. The molecule has 4 heterocycles. The second-order valence-corrected chi connectivity index (χ2v) is 17.4. The molecular formula is C55H45N5. The Labute approximate surface area is 349 Å². The fraction of sp³-hybridized carbons (Fsp3) is 0.127. The van der Waals surface area contributed by atoms with E-state index in [1.54, 1.807) is 0 Å². The third-order valence-corrected chi connectivity index (χ3v) is 12.6. The van der Waals surface area contributed by atoms with E-state index in [9.17, 15) is 0 Å². The molecule has 0 radical (unpaired) electrons. The van der Waals surface area contributed by atoms with E-state index in [-0.39, 0.29) is 5.41 Å². The maximum atomic E-state index is 5.73. The number of pyridine rings is 1. The van der Waals surface area contributed by atoms with Gasteiger partial charge in [0, 0.05) is 50.1 Å². The first-order valence-electron chi connectivity index (χ1n) is 20.8. The molecule has 0 fully saturated rings. The maximum Gasteiger partial charge on any atom is 0.147 e. The van der Waals surface area contributed by atoms with Gasteiger partial charge in [-0.15, -0.1) is 0 Å². The Kier molecular flexibility index (Phi) is 8.01. The van der Waals surface area contributed by atoms with Crippen molar-refractivity contribution in [3.05, 3.63) is 180 Å². The summed E-state index contributed by atoms with van der Waals surface area (Å²) in [5.41, 5.74) is 18.2. The van der Waals surface area contributed by atoms with Crippen LogP contribution in [0.2, 0.25) is 0 Å². The SMILES string of the molecule is Cc1cc(-n2c(-c3cccc4c3[nH]c3ccccc34)nc3c(-c4ccc5c6cc(-c7ccccc7)ccc6n(-c6ccccn6)c5c4)cc(C(C)(C)C)cc32)cc(C)c1C. The lowest BCUT2D eigenvalue weighted by Gasteiger charge is -2.21. The third kappa shape index (κ3) is 5.60. The molecule has 0 atom stereocenters. The van der Waals surface area contributed by atoms with Crippen LogP contribution in [-0.4, -0.2) is 24.1 Å². The van der Waals surface area contributed by atoms with E-state index in [0.717, 1.165) is 67.1 Å². The van der Waals surface area contributed by atoms with Crippen LogP contribution in [0.1, 0.15) is 43.0 Å². The minimum absolute atomic E-state index is 0.130. The van der Waals surface area contributed by atoms with Crippen molar-refractivity contribution in [1.29, 1.82) is 0 Å². The van der Waals surface area contributed by atoms with Gasteiger partial charge in [0.2, 0.25) is 0 Å². The van der Waals surface area contributed by atoms with Crippen molar-refractivity contribution in [3.63, 3.8) is 0 Å². The largest absolute Gasteiger partial charge is 0.354 e. The summed E-state index contributed by atoms with van der Waals surface area (Å²) in [7, 11) is 0. The Morgan fingerprint density at radius 3 is 2.05 bits per heavy atom. The van der Waals surface area contributed by atoms with Crippen molar-refractivity contribution in [2.75, 3.05) is 0 Å². The zero-order chi connectivity index (χ0) is 40.9. The van der Waals surface area contributed by atoms with E-state index in [0.29, 0.717) is 0 Å². The molecular weight excluding hydrogens is 731 g/mol. The van der Waals surface area contributed by atoms with Crippen molar-refractivity contribution in [2.24, 2.45) is 0 Å². The van der Waals surface area contributed by atoms with Gasteiger partial charge in [-0.05, 0) is 132 Å². The summed E-state index contributed by atoms with van der Waals surface area (Å²) >= 11 is 0. The summed E-state index contributed by atoms with van der Waals surface area (Å²) in [6, 6.07) is 55.1. The minimum Gasteiger partial charge on any atom is -0.354 e. The van der Waals surface area contributed by atoms with Gasteiger partial charge in [-0.25, -0.2) is 9.97 Å². The molecule has 0 spiro atoms. The number of nitrogens with one attached hydrogen (secondary N) is 1. The number of hydrogen-bond donors (Lipinski definition) is 1. The third-order valence-electron chi connectivity index (χ3n) is 12.6. The molecule has 7 aromatic carbocycles. The Bertz CT molecular complexity index is 3460. The molecule has 0 aliphatic rings. The van der Waals surface area contributed by atoms with E-state index >= 15 is 0 Å². The molecule has 290 valence electrons. The molecule has 0 saturated heterocycles. The van der Waals surface area contributed by atoms with Crippen LogP contribution in [-0.2, 0) is 5.41 Å². The van der Waals surface area contributed by atoms with Gasteiger partial charge < -0.3 is 4.98 Å². The Balaban J connectivity index is 1.23. The van der Waals surface area contributed by atoms with Crippen LogP contribution in [0.5, 0.6) is 0 Å². The van der Waals surface area contributed by atoms with Gasteiger partial charge in [-0.3, -0.25) is 9.13 Å². The van der Waals surface area contributed by atoms with E-state index < -0.39 is 0 Å². The fourth-order valence-electron chi connectivity index (χ4n) is 9.21. The molecule has 0 bridgehead atoms. The number of para-hydroxylation sites is 2. The molecule has 0 aliphatic heterocycles. The highest BCUT2D eigenvalue weighted by Gasteiger charge is 2.25. The first-order chi connectivity index (χ1) is 29.1. The van der Waals surface area contributed by atoms with E-state index in [2.05, 4.69) is 201 Å². The van der Waals surface area contributed by atoms with Gasteiger partial charge in [0.25, 0.3) is 0 Å². The maximum absolute atomic E-state index is 5.73. The smallest absolute Gasteiger partial charge is 0.147 e. The predicted octanol–water partition coefficient (Wildman–Crippen LogP) is 14.4. The topological polar surface area (TPSA) is 51.4 Å². The van der Waals surface area contributed by atoms with Crippen LogP contribution in [0, 0.1) is 20.8 Å². The first-order valence-corrected chi connectivity index (χ1v) is 20.8. The average Bonchev–Trinajstić information content (AvgIpc) is 3.95. The number of rotatable bonds is 5. The highest BCUT2D eigenvalue weighted by atomic mass is 15.1. The van der Waals surface area contributed by atoms with Gasteiger partial charge in [-0.1, -0.05) is 106 Å². The molecule has 5 nitrogen and oxygen atoms in total. The van der Waals surface area contributed by atoms with Crippen LogP contribution in [0.15, 0.2) is 158 Å². The number of H-pyrrole nitrogens is 1. The number of benzene rings is 7. The quantitative estimate of drug-likeness (QED) is 0.189. The summed E-state index contributed by atoms with van der Waals surface area (Å²) in [5, 5.41) is 4.78. The van der Waals surface area contributed by atoms with Crippen molar-refractivity contribution < 1.29 is 0 Å². The van der Waals surface area contributed by atoms with Crippen LogP contribution < -0.4 is 0 Å². The van der Waals surface area contributed by atoms with Gasteiger partial charge in [0.05, 0.1) is 27.6 Å². The zero-order valence-electron chi connectivity index (χ0n) is 34.8. The summed E-state index contributed by atoms with van der Waals surface area (Å²) in [6.07, 6.45) is 1.88. The van der Waals surface area contributed by atoms with E-state index in [1.807, 2.05) is 12.3 Å². The number of nitrogens with zero attached hydrogens (tertiary/aromatic N) is 4. The number of imidazole rings is 1. The summed E-state index contributed by atoms with van der Waals surface area (Å²) < 4.78 is 4.72. The lowest BCUT2D eigenvalue weighted by atomic mass is 9.84. The normalized spacial score (nSPS) is 12.2. The molecule has 11 rings (SSSR count). The summed E-state index contributed by atoms with van der Waals surface area (Å²) in [6.45, 7) is 13.6. The zero-order valence-corrected chi connectivity index (χ0v) is 34.8. The van der Waals surface area contributed by atoms with Crippen molar-refractivity contribution >= 4 is 54.6 Å². The molecule has 11 aromatic rings. The van der Waals surface area contributed by atoms with Crippen molar-refractivity contribution in [1.82, 2.24) is 24.1 Å². The van der Waals surface area contributed by atoms with Crippen molar-refractivity contribution in [3.8, 4) is 45.1 Å². The van der Waals surface area contributed by atoms with Gasteiger partial charge in [0.1, 0.15) is 11.6 Å². The van der Waals surface area contributed by atoms with E-state index in [4.69, 9.17) is 9.97 Å². The number of aryl methyl sites for hydroxylation is 2. The molecule has 0 amide bonds. The van der Waals surface area contributed by atoms with Crippen LogP contribution in [0.3, 0.4) is 0 Å². The van der Waals surface area contributed by atoms with Crippen LogP contribution in [0.25, 0.3) is 99.8 Å². The van der Waals surface area contributed by atoms with Crippen molar-refractivity contribution in [2.45, 2.75) is 47.0 Å². The number of hydrogen-bond acceptors (Lipinski definition) is 2. The lowest BCUT2D eigenvalue weighted by molar-refractivity contribution is 0.591. The van der Waals surface area contributed by atoms with Crippen LogP contribution in [0.4, 0.5) is 0 Å². The predicted molar refractivity (Wildman–Crippen MR) is 252 cm³/mol. The monoisotopic (exact) mass is 775 g/mol. The molecule has 0 aliphatic carbocycles. The van der Waals surface area contributed by atoms with Gasteiger partial charge >= 0.3 is 0 Å². The Hall–Kier alpha value is -7.24. The molecule has 0 unspecified atom stereocenters. The molecule has 60 heavy (non-hydrogen) atoms. The van der Waals surface area contributed by atoms with Crippen LogP contribution >= 0.6 is 0 Å². The highest BCUT2D eigenvalue weighted by Crippen LogP contribution is 2.43. The minimum atomic E-state index is -0.130. The Morgan fingerprint density at radius 1 is 0.517 bits per heavy atom. The summed E-state index contributed by atoms with van der Waals surface area (Å²) in [4.78, 5) is 14.4. The first kappa shape index (κ1) is 35.9. The standard InChI is InChI=1S/C55H45N5/c1-33-27-40(28-34(2)35(33)3)59-50-32-39(55(4,5)6)31-45(53(50)58-54(59)44-19-14-18-43-41-17-10-11-20-47(41)57-52(43)44)38-22-24-42-46-29-37(36-15-8-7-9-16-36)23-25-48(46)60(49(42)30-38)51-21-12-13-26-56-51/h7-32,57H,1-6H3. The highest BCUT2D eigenvalue weighted by molar-refractivity contribution is 6.13. The second-order valence-electron chi connectivity index (χ2n) is 17.4. The summed E-state index contributed by atoms with van der Waals surface area (Å²) in [5.74, 6) is 1.80. The number of fused-ring (bicyclic) bond motifs is 7. The lowest BCUT2D eigenvalue weighted by Crippen LogP contribution is -2.11. The molecule has 4 aromatic heterocycles. The van der Waals surface area contributed by atoms with E-state index in [1.165, 1.54) is 54.9 Å². The average molecular weight is 776 g/mol. The molecule has 1 N–H and O–H groups in total. The number of aromatic amines is 1. The second kappa shape index (κ2) is 13.4. The fourth-order valence-corrected chi connectivity index (χ4v) is 9.21. The molecule has 0 saturated carbocycles. The molecule has 5 heteroatoms. The number of aromatic nitrogens is 5. The van der Waals surface area contributed by atoms with Gasteiger partial charge in [0.15, 0.2) is 0 Å².